The van der Waals surface area contributed by atoms with E-state index in [2.05, 4.69) is 15.3 Å². The molecule has 2 aromatic heterocycles. The highest BCUT2D eigenvalue weighted by Crippen LogP contribution is 2.11. The van der Waals surface area contributed by atoms with Crippen molar-refractivity contribution < 1.29 is 13.9 Å². The second-order valence-electron chi connectivity index (χ2n) is 5.63. The minimum Gasteiger partial charge on any atom is -0.484 e. The third-order valence-electron chi connectivity index (χ3n) is 3.51. The molecule has 0 spiro atoms. The molecule has 0 aliphatic carbocycles. The van der Waals surface area contributed by atoms with Gasteiger partial charge in [-0.2, -0.15) is 0 Å². The zero-order valence-electron chi connectivity index (χ0n) is 13.9. The Hall–Kier alpha value is -3.15. The van der Waals surface area contributed by atoms with Crippen molar-refractivity contribution in [2.45, 2.75) is 26.0 Å². The highest BCUT2D eigenvalue weighted by atomic mass is 16.5. The first-order valence-electron chi connectivity index (χ1n) is 8.04. The highest BCUT2D eigenvalue weighted by Gasteiger charge is 2.15. The van der Waals surface area contributed by atoms with Gasteiger partial charge < -0.3 is 14.5 Å². The molecule has 1 aromatic carbocycles. The van der Waals surface area contributed by atoms with Gasteiger partial charge in [-0.1, -0.05) is 24.3 Å². The van der Waals surface area contributed by atoms with E-state index in [-0.39, 0.29) is 24.2 Å². The van der Waals surface area contributed by atoms with E-state index in [1.807, 2.05) is 55.5 Å². The van der Waals surface area contributed by atoms with Crippen LogP contribution >= 0.6 is 0 Å². The molecule has 0 fully saturated rings. The van der Waals surface area contributed by atoms with E-state index in [1.165, 1.54) is 6.26 Å². The topological polar surface area (TPSA) is 77.2 Å². The number of hydrogen-bond donors (Lipinski definition) is 1. The largest absolute Gasteiger partial charge is 0.484 e. The number of hydrogen-bond acceptors (Lipinski definition) is 5. The molecule has 0 unspecified atom stereocenters. The fourth-order valence-corrected chi connectivity index (χ4v) is 2.32. The summed E-state index contributed by atoms with van der Waals surface area (Å²) in [6.07, 6.45) is 3.72. The number of pyridine rings is 1. The van der Waals surface area contributed by atoms with Crippen LogP contribution in [0.3, 0.4) is 0 Å². The molecule has 0 aliphatic heterocycles. The van der Waals surface area contributed by atoms with Crippen LogP contribution in [0.4, 0.5) is 0 Å². The van der Waals surface area contributed by atoms with Crippen LogP contribution in [0.5, 0.6) is 5.75 Å². The summed E-state index contributed by atoms with van der Waals surface area (Å²) in [6, 6.07) is 15.0. The lowest BCUT2D eigenvalue weighted by Crippen LogP contribution is -2.34. The van der Waals surface area contributed by atoms with Gasteiger partial charge in [-0.25, -0.2) is 4.98 Å². The van der Waals surface area contributed by atoms with Crippen LogP contribution in [0.15, 0.2) is 65.4 Å². The Kier molecular flexibility index (Phi) is 5.41. The molecule has 1 amide bonds. The Bertz CT molecular complexity index is 803. The Labute approximate surface area is 145 Å². The summed E-state index contributed by atoms with van der Waals surface area (Å²) in [5.41, 5.74) is 1.16. The quantitative estimate of drug-likeness (QED) is 0.717. The van der Waals surface area contributed by atoms with E-state index in [0.29, 0.717) is 12.3 Å². The van der Waals surface area contributed by atoms with Crippen molar-refractivity contribution in [1.29, 1.82) is 0 Å². The molecule has 128 valence electrons. The van der Waals surface area contributed by atoms with E-state index in [1.54, 1.807) is 6.20 Å². The Morgan fingerprint density at radius 2 is 2.00 bits per heavy atom. The van der Waals surface area contributed by atoms with Crippen molar-refractivity contribution in [2.75, 3.05) is 0 Å². The first kappa shape index (κ1) is 16.7. The molecular weight excluding hydrogens is 318 g/mol. The number of benzene rings is 1. The number of aromatic nitrogens is 2. The van der Waals surface area contributed by atoms with Gasteiger partial charge in [0.15, 0.2) is 12.3 Å². The van der Waals surface area contributed by atoms with Crippen LogP contribution in [0.2, 0.25) is 0 Å². The summed E-state index contributed by atoms with van der Waals surface area (Å²) in [7, 11) is 0. The molecule has 0 saturated heterocycles. The lowest BCUT2D eigenvalue weighted by atomic mass is 10.1. The SMILES string of the molecule is C[C@H](Cc1ccccn1)NC(=O)c1coc(COc2ccccc2)n1. The van der Waals surface area contributed by atoms with E-state index < -0.39 is 0 Å². The maximum absolute atomic E-state index is 12.2. The molecule has 1 atom stereocenters. The monoisotopic (exact) mass is 337 g/mol. The van der Waals surface area contributed by atoms with Gasteiger partial charge in [0.05, 0.1) is 0 Å². The third kappa shape index (κ3) is 4.91. The number of para-hydroxylation sites is 1. The Morgan fingerprint density at radius 3 is 2.76 bits per heavy atom. The molecule has 0 aliphatic rings. The van der Waals surface area contributed by atoms with Gasteiger partial charge in [-0.15, -0.1) is 0 Å². The Balaban J connectivity index is 1.51. The standard InChI is InChI=1S/C19H19N3O3/c1-14(11-15-7-5-6-10-20-15)21-19(23)17-12-25-18(22-17)13-24-16-8-3-2-4-9-16/h2-10,12,14H,11,13H2,1H3,(H,21,23)/t14-/m1/s1. The zero-order chi connectivity index (χ0) is 17.5. The normalized spacial score (nSPS) is 11.7. The molecule has 3 aromatic rings. The van der Waals surface area contributed by atoms with E-state index in [9.17, 15) is 4.79 Å². The molecule has 3 rings (SSSR count). The maximum atomic E-state index is 12.2. The summed E-state index contributed by atoms with van der Waals surface area (Å²) in [4.78, 5) is 20.7. The molecule has 6 nitrogen and oxygen atoms in total. The van der Waals surface area contributed by atoms with Gasteiger partial charge in [-0.05, 0) is 31.2 Å². The van der Waals surface area contributed by atoms with Crippen molar-refractivity contribution >= 4 is 5.91 Å². The van der Waals surface area contributed by atoms with E-state index >= 15 is 0 Å². The van der Waals surface area contributed by atoms with Crippen LogP contribution in [0.25, 0.3) is 0 Å². The number of carbonyl (C=O) groups excluding carboxylic acids is 1. The smallest absolute Gasteiger partial charge is 0.273 e. The van der Waals surface area contributed by atoms with Crippen LogP contribution in [-0.2, 0) is 13.0 Å². The second kappa shape index (κ2) is 8.10. The summed E-state index contributed by atoms with van der Waals surface area (Å²) in [5, 5.41) is 2.89. The van der Waals surface area contributed by atoms with Crippen molar-refractivity contribution in [1.82, 2.24) is 15.3 Å². The van der Waals surface area contributed by atoms with Crippen molar-refractivity contribution in [3.8, 4) is 5.75 Å². The summed E-state index contributed by atoms with van der Waals surface area (Å²) in [6.45, 7) is 2.09. The van der Waals surface area contributed by atoms with E-state index in [4.69, 9.17) is 9.15 Å². The number of carbonyl (C=O) groups is 1. The number of rotatable bonds is 7. The summed E-state index contributed by atoms with van der Waals surface area (Å²) < 4.78 is 10.8. The number of nitrogens with one attached hydrogen (secondary N) is 1. The van der Waals surface area contributed by atoms with Crippen molar-refractivity contribution in [3.63, 3.8) is 0 Å². The lowest BCUT2D eigenvalue weighted by Gasteiger charge is -2.12. The number of oxazole rings is 1. The molecular formula is C19H19N3O3. The molecule has 6 heteroatoms. The van der Waals surface area contributed by atoms with E-state index in [0.717, 1.165) is 11.4 Å². The number of amides is 1. The summed E-state index contributed by atoms with van der Waals surface area (Å²) >= 11 is 0. The van der Waals surface area contributed by atoms with Crippen LogP contribution in [0.1, 0.15) is 29.0 Å². The van der Waals surface area contributed by atoms with Gasteiger partial charge >= 0.3 is 0 Å². The molecule has 0 saturated carbocycles. The Morgan fingerprint density at radius 1 is 1.20 bits per heavy atom. The van der Waals surface area contributed by atoms with Gasteiger partial charge in [0.2, 0.25) is 5.89 Å². The molecule has 1 N–H and O–H groups in total. The average Bonchev–Trinajstić information content (AvgIpc) is 3.11. The fourth-order valence-electron chi connectivity index (χ4n) is 2.32. The molecule has 0 radical (unpaired) electrons. The highest BCUT2D eigenvalue weighted by molar-refractivity contribution is 5.92. The van der Waals surface area contributed by atoms with Gasteiger partial charge in [0, 0.05) is 24.4 Å². The second-order valence-corrected chi connectivity index (χ2v) is 5.63. The summed E-state index contributed by atoms with van der Waals surface area (Å²) in [5.74, 6) is 0.792. The minimum absolute atomic E-state index is 0.0666. The zero-order valence-corrected chi connectivity index (χ0v) is 13.9. The predicted molar refractivity (Wildman–Crippen MR) is 92.1 cm³/mol. The van der Waals surface area contributed by atoms with Crippen LogP contribution < -0.4 is 10.1 Å². The minimum atomic E-state index is -0.279. The van der Waals surface area contributed by atoms with Crippen molar-refractivity contribution in [3.05, 3.63) is 78.3 Å². The third-order valence-corrected chi connectivity index (χ3v) is 3.51. The van der Waals surface area contributed by atoms with Gasteiger partial charge in [-0.3, -0.25) is 9.78 Å². The molecule has 0 bridgehead atoms. The average molecular weight is 337 g/mol. The number of nitrogens with zero attached hydrogens (tertiary/aromatic N) is 2. The van der Waals surface area contributed by atoms with Crippen LogP contribution in [-0.4, -0.2) is 21.9 Å². The van der Waals surface area contributed by atoms with Crippen molar-refractivity contribution in [2.24, 2.45) is 0 Å². The number of ether oxygens (including phenoxy) is 1. The van der Waals surface area contributed by atoms with Gasteiger partial charge in [0.1, 0.15) is 12.0 Å². The molecule has 2 heterocycles. The van der Waals surface area contributed by atoms with Gasteiger partial charge in [0.25, 0.3) is 5.91 Å². The fraction of sp³-hybridized carbons (Fsp3) is 0.211. The predicted octanol–water partition coefficient (Wildman–Crippen LogP) is 3.01. The first-order valence-corrected chi connectivity index (χ1v) is 8.04. The van der Waals surface area contributed by atoms with Crippen LogP contribution in [0, 0.1) is 0 Å². The first-order chi connectivity index (χ1) is 12.2. The lowest BCUT2D eigenvalue weighted by molar-refractivity contribution is 0.0935. The maximum Gasteiger partial charge on any atom is 0.273 e. The molecule has 25 heavy (non-hydrogen) atoms.